The maximum Gasteiger partial charge on any atom is 0.107 e. The number of rotatable bonds is 9. The quantitative estimate of drug-likeness (QED) is 0.232. The maximum atomic E-state index is 6.08. The topological polar surface area (TPSA) is 83.1 Å². The van der Waals surface area contributed by atoms with Crippen LogP contribution >= 0.6 is 0 Å². The summed E-state index contributed by atoms with van der Waals surface area (Å²) in [7, 11) is 0. The molecule has 3 aliphatic rings. The first-order chi connectivity index (χ1) is 22.3. The Balaban J connectivity index is 0.000000375. The van der Waals surface area contributed by atoms with E-state index in [1.807, 2.05) is 0 Å². The summed E-state index contributed by atoms with van der Waals surface area (Å²) in [4.78, 5) is 0. The molecule has 9 nitrogen and oxygen atoms in total. The molecule has 0 N–H and O–H groups in total. The highest BCUT2D eigenvalue weighted by Crippen LogP contribution is 2.30. The lowest BCUT2D eigenvalue weighted by Gasteiger charge is -2.31. The van der Waals surface area contributed by atoms with Crippen LogP contribution in [0.1, 0.15) is 145 Å². The van der Waals surface area contributed by atoms with Gasteiger partial charge < -0.3 is 42.6 Å². The van der Waals surface area contributed by atoms with E-state index in [9.17, 15) is 0 Å². The Kier molecular flexibility index (Phi) is 18.4. The third-order valence-electron chi connectivity index (χ3n) is 7.68. The average Bonchev–Trinajstić information content (AvgIpc) is 3.57. The molecule has 0 spiro atoms. The molecule has 3 aliphatic heterocycles. The largest absolute Gasteiger partial charge is 0.373 e. The van der Waals surface area contributed by atoms with E-state index in [1.165, 1.54) is 0 Å². The van der Waals surface area contributed by atoms with Gasteiger partial charge in [0.05, 0.1) is 85.0 Å². The molecule has 0 bridgehead atoms. The molecule has 9 heteroatoms. The van der Waals surface area contributed by atoms with Crippen molar-refractivity contribution in [1.82, 2.24) is 0 Å². The molecular weight excluding hydrogens is 636 g/mol. The highest BCUT2D eigenvalue weighted by Gasteiger charge is 2.40. The van der Waals surface area contributed by atoms with Crippen molar-refractivity contribution in [2.24, 2.45) is 11.8 Å². The zero-order valence-corrected chi connectivity index (χ0v) is 36.2. The van der Waals surface area contributed by atoms with Gasteiger partial charge >= 0.3 is 0 Å². The summed E-state index contributed by atoms with van der Waals surface area (Å²) < 4.78 is 52.7. The van der Waals surface area contributed by atoms with Crippen molar-refractivity contribution in [2.45, 2.75) is 215 Å². The molecule has 3 saturated heterocycles. The van der Waals surface area contributed by atoms with E-state index in [-0.39, 0.29) is 70.2 Å². The third kappa shape index (κ3) is 22.0. The van der Waals surface area contributed by atoms with Crippen molar-refractivity contribution in [2.75, 3.05) is 39.6 Å². The highest BCUT2D eigenvalue weighted by molar-refractivity contribution is 4.86. The fraction of sp³-hybridized carbons (Fsp3) is 1.00. The summed E-state index contributed by atoms with van der Waals surface area (Å²) in [6, 6.07) is 0. The van der Waals surface area contributed by atoms with Crippen molar-refractivity contribution in [3.05, 3.63) is 0 Å². The van der Waals surface area contributed by atoms with Crippen LogP contribution < -0.4 is 0 Å². The molecule has 3 rings (SSSR count). The van der Waals surface area contributed by atoms with Gasteiger partial charge in [0.2, 0.25) is 0 Å². The van der Waals surface area contributed by atoms with Gasteiger partial charge in [0.25, 0.3) is 0 Å². The lowest BCUT2D eigenvalue weighted by Crippen LogP contribution is -2.39. The molecule has 0 amide bonds. The predicted octanol–water partition coefficient (Wildman–Crippen LogP) is 8.81. The van der Waals surface area contributed by atoms with Crippen LogP contribution in [-0.4, -0.2) is 110 Å². The van der Waals surface area contributed by atoms with E-state index in [0.717, 1.165) is 26.2 Å². The van der Waals surface area contributed by atoms with E-state index in [1.54, 1.807) is 0 Å². The first-order valence-corrected chi connectivity index (χ1v) is 19.1. The van der Waals surface area contributed by atoms with Gasteiger partial charge in [-0.3, -0.25) is 0 Å². The van der Waals surface area contributed by atoms with Crippen molar-refractivity contribution < 1.29 is 42.6 Å². The Hall–Kier alpha value is -0.360. The smallest absolute Gasteiger partial charge is 0.107 e. The van der Waals surface area contributed by atoms with Crippen molar-refractivity contribution in [3.63, 3.8) is 0 Å². The van der Waals surface area contributed by atoms with Crippen LogP contribution in [0.2, 0.25) is 0 Å². The number of hydrogen-bond acceptors (Lipinski definition) is 9. The van der Waals surface area contributed by atoms with E-state index in [2.05, 4.69) is 138 Å². The van der Waals surface area contributed by atoms with Gasteiger partial charge in [0.1, 0.15) is 18.3 Å². The van der Waals surface area contributed by atoms with Gasteiger partial charge in [-0.1, -0.05) is 13.8 Å². The van der Waals surface area contributed by atoms with Crippen molar-refractivity contribution in [3.8, 4) is 0 Å². The normalized spacial score (nSPS) is 29.8. The van der Waals surface area contributed by atoms with Crippen molar-refractivity contribution >= 4 is 0 Å². The molecule has 300 valence electrons. The van der Waals surface area contributed by atoms with Gasteiger partial charge in [-0.25, -0.2) is 0 Å². The molecule has 3 unspecified atom stereocenters. The molecule has 3 heterocycles. The molecule has 50 heavy (non-hydrogen) atoms. The summed E-state index contributed by atoms with van der Waals surface area (Å²) >= 11 is 0. The maximum absolute atomic E-state index is 6.08. The Morgan fingerprint density at radius 1 is 0.420 bits per heavy atom. The van der Waals surface area contributed by atoms with E-state index >= 15 is 0 Å². The minimum Gasteiger partial charge on any atom is -0.373 e. The summed E-state index contributed by atoms with van der Waals surface area (Å²) in [6.45, 7) is 45.7. The van der Waals surface area contributed by atoms with Gasteiger partial charge in [-0.05, 0) is 131 Å². The van der Waals surface area contributed by atoms with Crippen LogP contribution in [0.25, 0.3) is 0 Å². The number of ether oxygens (including phenoxy) is 9. The van der Waals surface area contributed by atoms with Crippen LogP contribution in [0.15, 0.2) is 0 Å². The van der Waals surface area contributed by atoms with Crippen LogP contribution in [0.4, 0.5) is 0 Å². The predicted molar refractivity (Wildman–Crippen MR) is 203 cm³/mol. The summed E-state index contributed by atoms with van der Waals surface area (Å²) in [5.41, 5.74) is -0.737. The lowest BCUT2D eigenvalue weighted by molar-refractivity contribution is -0.128. The fourth-order valence-electron chi connectivity index (χ4n) is 5.52. The molecule has 0 radical (unpaired) electrons. The van der Waals surface area contributed by atoms with Crippen LogP contribution in [0.5, 0.6) is 0 Å². The molecular formula is C41H82O9. The third-order valence-corrected chi connectivity index (χ3v) is 7.68. The fourth-order valence-corrected chi connectivity index (χ4v) is 5.52. The van der Waals surface area contributed by atoms with E-state index in [4.69, 9.17) is 42.6 Å². The molecule has 8 atom stereocenters. The monoisotopic (exact) mass is 719 g/mol. The molecule has 0 aliphatic carbocycles. The second kappa shape index (κ2) is 19.3. The Morgan fingerprint density at radius 2 is 0.740 bits per heavy atom. The molecule has 0 aromatic heterocycles. The molecule has 0 aromatic carbocycles. The first kappa shape index (κ1) is 47.7. The van der Waals surface area contributed by atoms with Gasteiger partial charge in [0.15, 0.2) is 0 Å². The Bertz CT molecular complexity index is 875. The standard InChI is InChI=1S/2C14H28O3.C13H26O3/c2*1-10-8-15-11(9-16-13(2,3)4)12(10)17-14(5,6)7;1-12(2,3)15-9-11-10(7-8-14-11)16-13(4,5)6/h2*10-12H,8-9H2,1-7H3;10-11H,7-9H2,1-6H3/t2*10-,11-,12?;10?,11-/m111/s1. The zero-order valence-electron chi connectivity index (χ0n) is 36.2. The van der Waals surface area contributed by atoms with Crippen molar-refractivity contribution in [1.29, 1.82) is 0 Å². The highest BCUT2D eigenvalue weighted by atomic mass is 16.6. The molecule has 3 fully saturated rings. The summed E-state index contributed by atoms with van der Waals surface area (Å²) in [5.74, 6) is 0.866. The second-order valence-corrected chi connectivity index (χ2v) is 20.3. The minimum absolute atomic E-state index is 0.0588. The van der Waals surface area contributed by atoms with E-state index in [0.29, 0.717) is 31.7 Å². The van der Waals surface area contributed by atoms with Crippen LogP contribution in [-0.2, 0) is 42.6 Å². The minimum atomic E-state index is -0.132. The second-order valence-electron chi connectivity index (χ2n) is 20.3. The lowest BCUT2D eigenvalue weighted by atomic mass is 10.0. The van der Waals surface area contributed by atoms with Gasteiger partial charge in [-0.2, -0.15) is 0 Å². The average molecular weight is 719 g/mol. The van der Waals surface area contributed by atoms with Crippen LogP contribution in [0, 0.1) is 11.8 Å². The first-order valence-electron chi connectivity index (χ1n) is 19.1. The Morgan fingerprint density at radius 3 is 1.04 bits per heavy atom. The molecule has 0 saturated carbocycles. The van der Waals surface area contributed by atoms with E-state index < -0.39 is 0 Å². The van der Waals surface area contributed by atoms with Gasteiger partial charge in [0, 0.05) is 18.4 Å². The van der Waals surface area contributed by atoms with Gasteiger partial charge in [-0.15, -0.1) is 0 Å². The van der Waals surface area contributed by atoms with Crippen LogP contribution in [0.3, 0.4) is 0 Å². The summed E-state index contributed by atoms with van der Waals surface area (Å²) in [6.07, 6.45) is 1.61. The Labute approximate surface area is 308 Å². The summed E-state index contributed by atoms with van der Waals surface area (Å²) in [5, 5.41) is 0. The SMILES string of the molecule is CC(C)(C)OC[C@H]1OCCC1OC(C)(C)C.C[C@@H]1CO[C@H](COC(C)(C)C)C1OC(C)(C)C.C[C@@H]1CO[C@H](COC(C)(C)C)C1OC(C)(C)C. The zero-order chi connectivity index (χ0) is 38.9. The number of hydrogen-bond donors (Lipinski definition) is 0. The molecule has 0 aromatic rings.